The molecule has 0 saturated carbocycles. The Bertz CT molecular complexity index is 1220. The van der Waals surface area contributed by atoms with Crippen molar-refractivity contribution in [2.75, 3.05) is 32.2 Å². The molecule has 3 aromatic rings. The molecule has 31 heavy (non-hydrogen) atoms. The van der Waals surface area contributed by atoms with E-state index in [1.807, 2.05) is 4.90 Å². The van der Waals surface area contributed by atoms with Crippen LogP contribution in [0.4, 0.5) is 10.1 Å². The van der Waals surface area contributed by atoms with Crippen molar-refractivity contribution >= 4 is 26.4 Å². The first-order valence-electron chi connectivity index (χ1n) is 10.2. The highest BCUT2D eigenvalue weighted by atomic mass is 32.2. The summed E-state index contributed by atoms with van der Waals surface area (Å²) in [5.74, 6) is 0.885. The van der Waals surface area contributed by atoms with E-state index in [4.69, 9.17) is 9.47 Å². The zero-order chi connectivity index (χ0) is 22.2. The summed E-state index contributed by atoms with van der Waals surface area (Å²) < 4.78 is 52.1. The van der Waals surface area contributed by atoms with Crippen LogP contribution in [0.2, 0.25) is 0 Å². The molecular weight excluding hydrogens is 419 g/mol. The summed E-state index contributed by atoms with van der Waals surface area (Å²) in [5.41, 5.74) is 1.06. The predicted molar refractivity (Wildman–Crippen MR) is 117 cm³/mol. The first kappa shape index (κ1) is 21.4. The maximum Gasteiger partial charge on any atom is 0.210 e. The molecule has 0 aliphatic carbocycles. The van der Waals surface area contributed by atoms with Gasteiger partial charge in [-0.25, -0.2) is 12.8 Å². The lowest BCUT2D eigenvalue weighted by molar-refractivity contribution is 0.354. The number of nitrogens with zero attached hydrogens (tertiary/aromatic N) is 2. The van der Waals surface area contributed by atoms with Gasteiger partial charge in [-0.3, -0.25) is 4.98 Å². The summed E-state index contributed by atoms with van der Waals surface area (Å²) in [7, 11) is -1.01. The number of methoxy groups -OCH3 is 2. The SMILES string of the molecule is COc1ccc(S(=O)(=O)c2cnc3ccc(F)cc3c2N2CCC(C)CC2)cc1OC. The molecule has 4 rings (SSSR count). The number of pyridine rings is 1. The number of fused-ring (bicyclic) bond motifs is 1. The zero-order valence-electron chi connectivity index (χ0n) is 17.8. The van der Waals surface area contributed by atoms with Gasteiger partial charge in [0.2, 0.25) is 9.84 Å². The minimum Gasteiger partial charge on any atom is -0.493 e. The molecule has 0 atom stereocenters. The average Bonchev–Trinajstić information content (AvgIpc) is 2.78. The van der Waals surface area contributed by atoms with Crippen LogP contribution in [0, 0.1) is 11.7 Å². The monoisotopic (exact) mass is 444 g/mol. The smallest absolute Gasteiger partial charge is 0.210 e. The van der Waals surface area contributed by atoms with Crippen LogP contribution in [0.5, 0.6) is 11.5 Å². The van der Waals surface area contributed by atoms with E-state index < -0.39 is 15.7 Å². The minimum absolute atomic E-state index is 0.0624. The fraction of sp³-hybridized carbons (Fsp3) is 0.348. The number of rotatable bonds is 5. The number of benzene rings is 2. The van der Waals surface area contributed by atoms with Gasteiger partial charge in [-0.05, 0) is 49.1 Å². The molecule has 0 unspecified atom stereocenters. The summed E-state index contributed by atoms with van der Waals surface area (Å²) in [6.45, 7) is 3.58. The quantitative estimate of drug-likeness (QED) is 0.579. The number of ether oxygens (including phenoxy) is 2. The zero-order valence-corrected chi connectivity index (χ0v) is 18.6. The van der Waals surface area contributed by atoms with Gasteiger partial charge in [-0.15, -0.1) is 0 Å². The van der Waals surface area contributed by atoms with Crippen molar-refractivity contribution in [1.29, 1.82) is 0 Å². The largest absolute Gasteiger partial charge is 0.493 e. The molecule has 0 N–H and O–H groups in total. The molecule has 2 aromatic carbocycles. The number of hydrogen-bond donors (Lipinski definition) is 0. The topological polar surface area (TPSA) is 68.7 Å². The van der Waals surface area contributed by atoms with Crippen LogP contribution >= 0.6 is 0 Å². The van der Waals surface area contributed by atoms with E-state index in [0.717, 1.165) is 12.8 Å². The van der Waals surface area contributed by atoms with E-state index in [-0.39, 0.29) is 9.79 Å². The van der Waals surface area contributed by atoms with Crippen molar-refractivity contribution in [3.63, 3.8) is 0 Å². The van der Waals surface area contributed by atoms with Gasteiger partial charge < -0.3 is 14.4 Å². The van der Waals surface area contributed by atoms with E-state index in [1.54, 1.807) is 12.1 Å². The second-order valence-corrected chi connectivity index (χ2v) is 9.74. The van der Waals surface area contributed by atoms with Crippen LogP contribution in [0.15, 0.2) is 52.4 Å². The van der Waals surface area contributed by atoms with Crippen molar-refractivity contribution in [1.82, 2.24) is 4.98 Å². The van der Waals surface area contributed by atoms with Gasteiger partial charge in [-0.2, -0.15) is 0 Å². The number of halogens is 1. The first-order valence-corrected chi connectivity index (χ1v) is 11.6. The summed E-state index contributed by atoms with van der Waals surface area (Å²) in [5, 5.41) is 0.496. The van der Waals surface area contributed by atoms with Crippen LogP contribution < -0.4 is 14.4 Å². The van der Waals surface area contributed by atoms with Gasteiger partial charge >= 0.3 is 0 Å². The third-order valence-electron chi connectivity index (χ3n) is 5.82. The van der Waals surface area contributed by atoms with Crippen LogP contribution in [0.3, 0.4) is 0 Å². The number of anilines is 1. The maximum absolute atomic E-state index is 14.2. The summed E-state index contributed by atoms with van der Waals surface area (Å²) in [6.07, 6.45) is 3.25. The van der Waals surface area contributed by atoms with Crippen molar-refractivity contribution in [3.8, 4) is 11.5 Å². The number of hydrogen-bond acceptors (Lipinski definition) is 6. The summed E-state index contributed by atoms with van der Waals surface area (Å²) in [4.78, 5) is 6.50. The van der Waals surface area contributed by atoms with Crippen molar-refractivity contribution < 1.29 is 22.3 Å². The Morgan fingerprint density at radius 2 is 1.74 bits per heavy atom. The fourth-order valence-corrected chi connectivity index (χ4v) is 5.45. The van der Waals surface area contributed by atoms with E-state index in [0.29, 0.717) is 47.1 Å². The second-order valence-electron chi connectivity index (χ2n) is 7.82. The third-order valence-corrected chi connectivity index (χ3v) is 7.58. The van der Waals surface area contributed by atoms with Gasteiger partial charge in [0.1, 0.15) is 10.7 Å². The van der Waals surface area contributed by atoms with Gasteiger partial charge in [0.15, 0.2) is 11.5 Å². The van der Waals surface area contributed by atoms with Crippen molar-refractivity contribution in [3.05, 3.63) is 48.4 Å². The molecule has 1 aliphatic rings. The second kappa shape index (κ2) is 8.34. The van der Waals surface area contributed by atoms with Gasteiger partial charge in [0.25, 0.3) is 0 Å². The maximum atomic E-state index is 14.2. The standard InChI is InChI=1S/C23H25FN2O4S/c1-15-8-10-26(11-9-15)23-18-12-16(24)4-6-19(18)25-14-22(23)31(27,28)17-5-7-20(29-2)21(13-17)30-3/h4-7,12-15H,8-11H2,1-3H3. The highest BCUT2D eigenvalue weighted by Gasteiger charge is 2.29. The Labute approximate surface area is 181 Å². The van der Waals surface area contributed by atoms with Crippen LogP contribution in [0.1, 0.15) is 19.8 Å². The Hall–Kier alpha value is -2.87. The Morgan fingerprint density at radius 1 is 1.03 bits per heavy atom. The number of sulfone groups is 1. The van der Waals surface area contributed by atoms with Crippen LogP contribution in [-0.2, 0) is 9.84 Å². The molecule has 0 bridgehead atoms. The molecule has 6 nitrogen and oxygen atoms in total. The predicted octanol–water partition coefficient (Wildman–Crippen LogP) is 4.46. The summed E-state index contributed by atoms with van der Waals surface area (Å²) >= 11 is 0. The molecule has 1 saturated heterocycles. The van der Waals surface area contributed by atoms with E-state index in [2.05, 4.69) is 11.9 Å². The van der Waals surface area contributed by atoms with Gasteiger partial charge in [0, 0.05) is 30.7 Å². The highest BCUT2D eigenvalue weighted by Crippen LogP contribution is 2.39. The van der Waals surface area contributed by atoms with Crippen molar-refractivity contribution in [2.45, 2.75) is 29.6 Å². The van der Waals surface area contributed by atoms with Crippen LogP contribution in [0.25, 0.3) is 10.9 Å². The number of aromatic nitrogens is 1. The molecule has 0 spiro atoms. The minimum atomic E-state index is -3.96. The molecule has 0 radical (unpaired) electrons. The molecule has 0 amide bonds. The van der Waals surface area contributed by atoms with Crippen LogP contribution in [-0.4, -0.2) is 40.7 Å². The van der Waals surface area contributed by atoms with Gasteiger partial charge in [-0.1, -0.05) is 6.92 Å². The molecule has 8 heteroatoms. The molecule has 1 aromatic heterocycles. The highest BCUT2D eigenvalue weighted by molar-refractivity contribution is 7.91. The molecule has 2 heterocycles. The number of piperidine rings is 1. The van der Waals surface area contributed by atoms with Crippen molar-refractivity contribution in [2.24, 2.45) is 5.92 Å². The molecule has 164 valence electrons. The Morgan fingerprint density at radius 3 is 2.42 bits per heavy atom. The third kappa shape index (κ3) is 3.92. The lowest BCUT2D eigenvalue weighted by Crippen LogP contribution is -2.34. The van der Waals surface area contributed by atoms with Gasteiger partial charge in [0.05, 0.1) is 30.3 Å². The average molecular weight is 445 g/mol. The molecule has 1 fully saturated rings. The Kier molecular flexibility index (Phi) is 5.75. The van der Waals surface area contributed by atoms with E-state index in [9.17, 15) is 12.8 Å². The lowest BCUT2D eigenvalue weighted by atomic mass is 9.98. The normalized spacial score (nSPS) is 15.3. The summed E-state index contributed by atoms with van der Waals surface area (Å²) in [6, 6.07) is 8.75. The first-order chi connectivity index (χ1) is 14.8. The fourth-order valence-electron chi connectivity index (χ4n) is 4.00. The lowest BCUT2D eigenvalue weighted by Gasteiger charge is -2.34. The van der Waals surface area contributed by atoms with E-state index >= 15 is 0 Å². The molecule has 1 aliphatic heterocycles. The molecular formula is C23H25FN2O4S. The Balaban J connectivity index is 1.93. The van der Waals surface area contributed by atoms with E-state index in [1.165, 1.54) is 44.7 Å².